The average molecular weight is 416 g/mol. The Labute approximate surface area is 168 Å². The van der Waals surface area contributed by atoms with Gasteiger partial charge in [0.1, 0.15) is 6.04 Å². The normalized spacial score (nSPS) is 17.2. The maximum Gasteiger partial charge on any atom is 0.405 e. The second kappa shape index (κ2) is 10.6. The zero-order valence-electron chi connectivity index (χ0n) is 16.7. The van der Waals surface area contributed by atoms with Crippen molar-refractivity contribution in [1.29, 1.82) is 0 Å². The molecule has 1 atom stereocenters. The molecule has 2 rings (SSSR count). The van der Waals surface area contributed by atoms with Crippen molar-refractivity contribution in [2.75, 3.05) is 39.4 Å². The van der Waals surface area contributed by atoms with E-state index in [1.807, 2.05) is 35.2 Å². The summed E-state index contributed by atoms with van der Waals surface area (Å²) in [6.45, 7) is 4.27. The molecule has 1 aromatic carbocycles. The molecule has 6 nitrogen and oxygen atoms in total. The highest BCUT2D eigenvalue weighted by atomic mass is 19.4. The van der Waals surface area contributed by atoms with Crippen molar-refractivity contribution in [3.05, 3.63) is 35.9 Å². The maximum atomic E-state index is 13.9. The fourth-order valence-electron chi connectivity index (χ4n) is 3.47. The van der Waals surface area contributed by atoms with E-state index in [1.165, 1.54) is 13.8 Å². The number of esters is 2. The summed E-state index contributed by atoms with van der Waals surface area (Å²) in [7, 11) is 0. The second-order valence-electron chi connectivity index (χ2n) is 6.77. The third kappa shape index (κ3) is 6.43. The van der Waals surface area contributed by atoms with E-state index in [-0.39, 0.29) is 26.3 Å². The minimum atomic E-state index is -4.79. The lowest BCUT2D eigenvalue weighted by atomic mass is 9.96. The summed E-state index contributed by atoms with van der Waals surface area (Å²) in [5, 5.41) is 0. The zero-order valence-corrected chi connectivity index (χ0v) is 16.7. The number of piperazine rings is 1. The molecule has 0 bridgehead atoms. The minimum Gasteiger partial charge on any atom is -0.465 e. The molecule has 1 fully saturated rings. The number of benzene rings is 1. The Morgan fingerprint density at radius 1 is 0.966 bits per heavy atom. The first-order valence-corrected chi connectivity index (χ1v) is 9.68. The van der Waals surface area contributed by atoms with Crippen LogP contribution >= 0.6 is 0 Å². The fourth-order valence-corrected chi connectivity index (χ4v) is 3.47. The molecule has 1 aromatic rings. The lowest BCUT2D eigenvalue weighted by Crippen LogP contribution is -2.60. The lowest BCUT2D eigenvalue weighted by molar-refractivity contribution is -0.214. The Balaban J connectivity index is 2.14. The highest BCUT2D eigenvalue weighted by molar-refractivity contribution is 5.96. The highest BCUT2D eigenvalue weighted by Gasteiger charge is 2.55. The number of halogens is 3. The van der Waals surface area contributed by atoms with Crippen molar-refractivity contribution < 1.29 is 32.2 Å². The van der Waals surface area contributed by atoms with Crippen molar-refractivity contribution in [3.8, 4) is 0 Å². The molecule has 0 radical (unpaired) electrons. The first-order chi connectivity index (χ1) is 13.8. The van der Waals surface area contributed by atoms with Gasteiger partial charge in [0.25, 0.3) is 0 Å². The molecule has 0 spiro atoms. The van der Waals surface area contributed by atoms with E-state index < -0.39 is 30.1 Å². The fraction of sp³-hybridized carbons (Fsp3) is 0.600. The van der Waals surface area contributed by atoms with E-state index in [1.54, 1.807) is 0 Å². The van der Waals surface area contributed by atoms with E-state index in [9.17, 15) is 22.8 Å². The van der Waals surface area contributed by atoms with Crippen LogP contribution in [0.1, 0.15) is 19.4 Å². The largest absolute Gasteiger partial charge is 0.465 e. The van der Waals surface area contributed by atoms with Gasteiger partial charge in [0.2, 0.25) is 0 Å². The van der Waals surface area contributed by atoms with Crippen LogP contribution in [-0.2, 0) is 25.6 Å². The monoisotopic (exact) mass is 416 g/mol. The van der Waals surface area contributed by atoms with Gasteiger partial charge in [-0.2, -0.15) is 13.2 Å². The number of ether oxygens (including phenoxy) is 2. The summed E-state index contributed by atoms with van der Waals surface area (Å²) < 4.78 is 51.3. The number of hydrogen-bond acceptors (Lipinski definition) is 6. The summed E-state index contributed by atoms with van der Waals surface area (Å²) in [4.78, 5) is 27.7. The number of nitrogens with zero attached hydrogens (tertiary/aromatic N) is 2. The van der Waals surface area contributed by atoms with Crippen LogP contribution < -0.4 is 0 Å². The summed E-state index contributed by atoms with van der Waals surface area (Å²) in [6.07, 6.45) is -4.79. The van der Waals surface area contributed by atoms with Crippen molar-refractivity contribution in [2.24, 2.45) is 5.92 Å². The van der Waals surface area contributed by atoms with E-state index in [0.717, 1.165) is 10.5 Å². The molecule has 1 aliphatic heterocycles. The van der Waals surface area contributed by atoms with E-state index >= 15 is 0 Å². The summed E-state index contributed by atoms with van der Waals surface area (Å²) in [5.74, 6) is -4.48. The molecule has 1 heterocycles. The number of alkyl halides is 3. The van der Waals surface area contributed by atoms with E-state index in [0.29, 0.717) is 19.6 Å². The summed E-state index contributed by atoms with van der Waals surface area (Å²) >= 11 is 0. The Hall–Kier alpha value is -2.13. The third-order valence-corrected chi connectivity index (χ3v) is 4.78. The molecule has 0 aromatic heterocycles. The Bertz CT molecular complexity index is 643. The van der Waals surface area contributed by atoms with Crippen LogP contribution in [0, 0.1) is 5.92 Å². The molecule has 9 heteroatoms. The number of carbonyl (C=O) groups is 2. The minimum absolute atomic E-state index is 0.0757. The van der Waals surface area contributed by atoms with Crippen molar-refractivity contribution >= 4 is 11.9 Å². The Kier molecular flexibility index (Phi) is 8.45. The third-order valence-electron chi connectivity index (χ3n) is 4.78. The van der Waals surface area contributed by atoms with Gasteiger partial charge in [-0.1, -0.05) is 30.3 Å². The molecular weight excluding hydrogens is 389 g/mol. The Morgan fingerprint density at radius 2 is 1.48 bits per heavy atom. The molecule has 1 aliphatic rings. The predicted molar refractivity (Wildman–Crippen MR) is 99.9 cm³/mol. The van der Waals surface area contributed by atoms with Gasteiger partial charge < -0.3 is 9.47 Å². The SMILES string of the molecule is CCOC(=O)C(C(=O)OCC)C(N1CCN(Cc2ccccc2)CC1)C(F)(F)F. The molecule has 0 aliphatic carbocycles. The summed E-state index contributed by atoms with van der Waals surface area (Å²) in [5.41, 5.74) is 1.07. The molecular formula is C20H27F3N2O4. The second-order valence-corrected chi connectivity index (χ2v) is 6.77. The number of carbonyl (C=O) groups excluding carboxylic acids is 2. The van der Waals surface area contributed by atoms with Crippen LogP contribution in [0.2, 0.25) is 0 Å². The first kappa shape index (κ1) is 23.2. The molecule has 29 heavy (non-hydrogen) atoms. The zero-order chi connectivity index (χ0) is 21.4. The van der Waals surface area contributed by atoms with Crippen LogP contribution in [0.4, 0.5) is 13.2 Å². The van der Waals surface area contributed by atoms with Gasteiger partial charge in [0.05, 0.1) is 13.2 Å². The van der Waals surface area contributed by atoms with Crippen molar-refractivity contribution in [3.63, 3.8) is 0 Å². The molecule has 0 amide bonds. The summed E-state index contributed by atoms with van der Waals surface area (Å²) in [6, 6.07) is 7.37. The van der Waals surface area contributed by atoms with E-state index in [2.05, 4.69) is 0 Å². The standard InChI is InChI=1S/C20H27F3N2O4/c1-3-28-18(26)16(19(27)29-4-2)17(20(21,22)23)25-12-10-24(11-13-25)14-15-8-6-5-7-9-15/h5-9,16-17H,3-4,10-14H2,1-2H3. The number of hydrogen-bond donors (Lipinski definition) is 0. The molecule has 1 saturated heterocycles. The topological polar surface area (TPSA) is 59.1 Å². The van der Waals surface area contributed by atoms with Crippen LogP contribution in [0.25, 0.3) is 0 Å². The highest BCUT2D eigenvalue weighted by Crippen LogP contribution is 2.33. The van der Waals surface area contributed by atoms with Gasteiger partial charge in [0, 0.05) is 32.7 Å². The average Bonchev–Trinajstić information content (AvgIpc) is 2.67. The smallest absolute Gasteiger partial charge is 0.405 e. The van der Waals surface area contributed by atoms with Crippen LogP contribution in [-0.4, -0.2) is 73.3 Å². The van der Waals surface area contributed by atoms with E-state index in [4.69, 9.17) is 9.47 Å². The number of rotatable bonds is 8. The van der Waals surface area contributed by atoms with Crippen molar-refractivity contribution in [1.82, 2.24) is 9.80 Å². The molecule has 162 valence electrons. The molecule has 1 unspecified atom stereocenters. The van der Waals surface area contributed by atoms with Gasteiger partial charge >= 0.3 is 18.1 Å². The van der Waals surface area contributed by atoms with Gasteiger partial charge in [-0.25, -0.2) is 0 Å². The van der Waals surface area contributed by atoms with Crippen LogP contribution in [0.15, 0.2) is 30.3 Å². The maximum absolute atomic E-state index is 13.9. The predicted octanol–water partition coefficient (Wildman–Crippen LogP) is 2.48. The van der Waals surface area contributed by atoms with Gasteiger partial charge in [0.15, 0.2) is 5.92 Å². The van der Waals surface area contributed by atoms with Crippen LogP contribution in [0.5, 0.6) is 0 Å². The lowest BCUT2D eigenvalue weighted by Gasteiger charge is -2.41. The van der Waals surface area contributed by atoms with Gasteiger partial charge in [-0.05, 0) is 19.4 Å². The van der Waals surface area contributed by atoms with Gasteiger partial charge in [-0.15, -0.1) is 0 Å². The molecule has 0 saturated carbocycles. The Morgan fingerprint density at radius 3 is 1.93 bits per heavy atom. The van der Waals surface area contributed by atoms with Crippen molar-refractivity contribution in [2.45, 2.75) is 32.6 Å². The quantitative estimate of drug-likeness (QED) is 0.479. The molecule has 0 N–H and O–H groups in total. The van der Waals surface area contributed by atoms with Gasteiger partial charge in [-0.3, -0.25) is 19.4 Å². The van der Waals surface area contributed by atoms with Crippen LogP contribution in [0.3, 0.4) is 0 Å². The first-order valence-electron chi connectivity index (χ1n) is 9.68.